The molecule has 0 aromatic carbocycles. The van der Waals surface area contributed by atoms with Crippen molar-refractivity contribution in [1.82, 2.24) is 0 Å². The number of hydrogen-bond acceptors (Lipinski definition) is 2. The van der Waals surface area contributed by atoms with Gasteiger partial charge in [-0.15, -0.1) is 0 Å². The van der Waals surface area contributed by atoms with Gasteiger partial charge in [0.05, 0.1) is 0 Å². The van der Waals surface area contributed by atoms with E-state index in [-0.39, 0.29) is 0 Å². The highest BCUT2D eigenvalue weighted by atomic mass is 32.1. The molecule has 0 saturated heterocycles. The average molecular weight is 103 g/mol. The molecule has 0 aliphatic carbocycles. The minimum absolute atomic E-state index is 0.910. The molecule has 1 radical (unpaired) electrons. The van der Waals surface area contributed by atoms with Crippen molar-refractivity contribution in [1.29, 1.82) is 0 Å². The zero-order valence-corrected chi connectivity index (χ0v) is 4.49. The highest BCUT2D eigenvalue weighted by Crippen LogP contribution is 1.81. The van der Waals surface area contributed by atoms with Crippen molar-refractivity contribution < 1.29 is 4.74 Å². The minimum Gasteiger partial charge on any atom is -0.483 e. The lowest BCUT2D eigenvalue weighted by Gasteiger charge is -1.87. The Morgan fingerprint density at radius 1 is 1.83 bits per heavy atom. The Kier molecular flexibility index (Phi) is 4.80. The summed E-state index contributed by atoms with van der Waals surface area (Å²) in [6, 6.07) is 0. The van der Waals surface area contributed by atoms with Crippen molar-refractivity contribution in [3.63, 3.8) is 0 Å². The molecule has 0 aromatic heterocycles. The lowest BCUT2D eigenvalue weighted by Crippen LogP contribution is -1.76. The monoisotopic (exact) mass is 103 g/mol. The molecule has 1 nitrogen and oxygen atoms in total. The first-order valence-electron chi connectivity index (χ1n) is 1.82. The fourth-order valence-electron chi connectivity index (χ4n) is 0.136. The Labute approximate surface area is 43.3 Å². The SMILES string of the molecule is CC[CH]OC=S. The highest BCUT2D eigenvalue weighted by molar-refractivity contribution is 7.78. The summed E-state index contributed by atoms with van der Waals surface area (Å²) in [5, 5.41) is 0. The molecule has 0 aromatic rings. The fourth-order valence-corrected chi connectivity index (χ4v) is 0.214. The van der Waals surface area contributed by atoms with Gasteiger partial charge in [0.2, 0.25) is 0 Å². The quantitative estimate of drug-likeness (QED) is 0.395. The number of thiocarbonyl (C=S) groups is 1. The van der Waals surface area contributed by atoms with E-state index in [1.165, 1.54) is 5.55 Å². The van der Waals surface area contributed by atoms with E-state index in [0.717, 1.165) is 6.42 Å². The molecule has 0 aliphatic heterocycles. The number of hydrogen-bond donors (Lipinski definition) is 0. The molecule has 0 bridgehead atoms. The van der Waals surface area contributed by atoms with Crippen LogP contribution in [0.25, 0.3) is 0 Å². The van der Waals surface area contributed by atoms with Crippen molar-refractivity contribution in [2.24, 2.45) is 0 Å². The average Bonchev–Trinajstić information content (AvgIpc) is 1.61. The summed E-state index contributed by atoms with van der Waals surface area (Å²) in [4.78, 5) is 0. The van der Waals surface area contributed by atoms with E-state index < -0.39 is 0 Å². The van der Waals surface area contributed by atoms with Gasteiger partial charge >= 0.3 is 0 Å². The van der Waals surface area contributed by atoms with Crippen LogP contribution in [0.5, 0.6) is 0 Å². The largest absolute Gasteiger partial charge is 0.483 e. The zero-order chi connectivity index (χ0) is 4.83. The normalized spacial score (nSPS) is 7.50. The first-order chi connectivity index (χ1) is 2.91. The van der Waals surface area contributed by atoms with Crippen LogP contribution in [0.15, 0.2) is 0 Å². The lowest BCUT2D eigenvalue weighted by molar-refractivity contribution is 0.412. The molecule has 0 N–H and O–H groups in total. The van der Waals surface area contributed by atoms with E-state index in [1.807, 2.05) is 6.92 Å². The van der Waals surface area contributed by atoms with Crippen LogP contribution in [0.1, 0.15) is 13.3 Å². The summed E-state index contributed by atoms with van der Waals surface area (Å²) in [6.07, 6.45) is 0.910. The predicted octanol–water partition coefficient (Wildman–Crippen LogP) is 1.53. The van der Waals surface area contributed by atoms with Crippen LogP contribution in [0.4, 0.5) is 0 Å². The molecular weight excluding hydrogens is 96.1 g/mol. The molecule has 0 heterocycles. The van der Waals surface area contributed by atoms with E-state index in [9.17, 15) is 0 Å². The molecule has 0 amide bonds. The van der Waals surface area contributed by atoms with Gasteiger partial charge < -0.3 is 4.74 Å². The Morgan fingerprint density at radius 2 is 2.50 bits per heavy atom. The Hall–Kier alpha value is -0.110. The van der Waals surface area contributed by atoms with Gasteiger partial charge in [0.25, 0.3) is 0 Å². The van der Waals surface area contributed by atoms with Crippen LogP contribution in [-0.2, 0) is 4.74 Å². The first kappa shape index (κ1) is 5.89. The van der Waals surface area contributed by atoms with Crippen LogP contribution in [0.3, 0.4) is 0 Å². The van der Waals surface area contributed by atoms with Gasteiger partial charge in [-0.2, -0.15) is 0 Å². The van der Waals surface area contributed by atoms with Gasteiger partial charge in [-0.3, -0.25) is 0 Å². The second-order valence-corrected chi connectivity index (χ2v) is 1.000. The van der Waals surface area contributed by atoms with Crippen LogP contribution in [0.2, 0.25) is 0 Å². The molecule has 0 unspecified atom stereocenters. The second kappa shape index (κ2) is 4.89. The van der Waals surface area contributed by atoms with Gasteiger partial charge in [0, 0.05) is 0 Å². The number of rotatable bonds is 3. The van der Waals surface area contributed by atoms with Crippen LogP contribution in [-0.4, -0.2) is 5.55 Å². The third kappa shape index (κ3) is 3.89. The zero-order valence-electron chi connectivity index (χ0n) is 3.68. The van der Waals surface area contributed by atoms with Gasteiger partial charge in [0.1, 0.15) is 12.2 Å². The minimum atomic E-state index is 0.910. The van der Waals surface area contributed by atoms with Crippen LogP contribution in [0, 0.1) is 6.61 Å². The fraction of sp³-hybridized carbons (Fsp3) is 0.500. The lowest BCUT2D eigenvalue weighted by atomic mass is 10.5. The molecule has 0 saturated carbocycles. The van der Waals surface area contributed by atoms with E-state index in [2.05, 4.69) is 17.0 Å². The molecule has 0 fully saturated rings. The molecule has 35 valence electrons. The second-order valence-electron chi connectivity index (χ2n) is 0.807. The molecule has 0 aliphatic rings. The Balaban J connectivity index is 2.49. The highest BCUT2D eigenvalue weighted by Gasteiger charge is 1.71. The Bertz CT molecular complexity index is 36.5. The third-order valence-corrected chi connectivity index (χ3v) is 0.430. The summed E-state index contributed by atoms with van der Waals surface area (Å²) in [7, 11) is 0. The van der Waals surface area contributed by atoms with Crippen LogP contribution >= 0.6 is 12.2 Å². The molecule has 0 spiro atoms. The number of ether oxygens (including phenoxy) is 1. The third-order valence-electron chi connectivity index (χ3n) is 0.318. The summed E-state index contributed by atoms with van der Waals surface area (Å²) < 4.78 is 4.55. The molecule has 2 heteroatoms. The van der Waals surface area contributed by atoms with E-state index in [0.29, 0.717) is 0 Å². The van der Waals surface area contributed by atoms with Crippen molar-refractivity contribution >= 4 is 17.8 Å². The first-order valence-corrected chi connectivity index (χ1v) is 2.29. The molecular formula is C4H7OS. The standard InChI is InChI=1S/C4H7OS/c1-2-3-5-4-6/h3-4H,2H2,1H3. The van der Waals surface area contributed by atoms with Crippen LogP contribution < -0.4 is 0 Å². The maximum absolute atomic E-state index is 4.55. The summed E-state index contributed by atoms with van der Waals surface area (Å²) in [5.41, 5.74) is 1.24. The van der Waals surface area contributed by atoms with Crippen molar-refractivity contribution in [3.05, 3.63) is 6.61 Å². The van der Waals surface area contributed by atoms with E-state index >= 15 is 0 Å². The van der Waals surface area contributed by atoms with Gasteiger partial charge in [-0.05, 0) is 18.6 Å². The predicted molar refractivity (Wildman–Crippen MR) is 29.3 cm³/mol. The maximum atomic E-state index is 4.55. The van der Waals surface area contributed by atoms with Crippen molar-refractivity contribution in [2.75, 3.05) is 0 Å². The topological polar surface area (TPSA) is 9.23 Å². The van der Waals surface area contributed by atoms with Gasteiger partial charge in [-0.25, -0.2) is 0 Å². The Morgan fingerprint density at radius 3 is 2.67 bits per heavy atom. The van der Waals surface area contributed by atoms with E-state index in [1.54, 1.807) is 6.61 Å². The van der Waals surface area contributed by atoms with Crippen molar-refractivity contribution in [3.8, 4) is 0 Å². The maximum Gasteiger partial charge on any atom is 0.146 e. The van der Waals surface area contributed by atoms with Gasteiger partial charge in [0.15, 0.2) is 0 Å². The summed E-state index contributed by atoms with van der Waals surface area (Å²) in [5.74, 6) is 0. The summed E-state index contributed by atoms with van der Waals surface area (Å²) >= 11 is 4.34. The molecule has 6 heavy (non-hydrogen) atoms. The summed E-state index contributed by atoms with van der Waals surface area (Å²) in [6.45, 7) is 3.63. The van der Waals surface area contributed by atoms with Gasteiger partial charge in [-0.1, -0.05) is 6.92 Å². The molecule has 0 rings (SSSR count). The molecule has 0 atom stereocenters. The van der Waals surface area contributed by atoms with Crippen molar-refractivity contribution in [2.45, 2.75) is 13.3 Å². The van der Waals surface area contributed by atoms with E-state index in [4.69, 9.17) is 0 Å². The smallest absolute Gasteiger partial charge is 0.146 e.